The van der Waals surface area contributed by atoms with Gasteiger partial charge in [-0.05, 0) is 54.2 Å². The molecule has 0 aromatic heterocycles. The number of nitrogens with zero attached hydrogens (tertiary/aromatic N) is 2. The van der Waals surface area contributed by atoms with Gasteiger partial charge in [0.15, 0.2) is 14.9 Å². The second-order valence-electron chi connectivity index (χ2n) is 5.83. The van der Waals surface area contributed by atoms with Gasteiger partial charge in [0.25, 0.3) is 5.91 Å². The van der Waals surface area contributed by atoms with Crippen molar-refractivity contribution in [3.63, 3.8) is 0 Å². The number of carbonyl (C=O) groups is 1. The van der Waals surface area contributed by atoms with E-state index in [2.05, 4.69) is 0 Å². The maximum Gasteiger partial charge on any atom is 0.281 e. The van der Waals surface area contributed by atoms with Crippen LogP contribution in [0.1, 0.15) is 5.56 Å². The quantitative estimate of drug-likeness (QED) is 0.596. The first-order valence-electron chi connectivity index (χ1n) is 7.58. The van der Waals surface area contributed by atoms with Gasteiger partial charge in [-0.1, -0.05) is 18.2 Å². The number of amides is 1. The van der Waals surface area contributed by atoms with Crippen LogP contribution in [-0.2, 0) is 14.6 Å². The molecule has 8 heteroatoms. The van der Waals surface area contributed by atoms with Crippen molar-refractivity contribution < 1.29 is 17.6 Å². The minimum absolute atomic E-state index is 0.197. The van der Waals surface area contributed by atoms with E-state index in [1.165, 1.54) is 40.1 Å². The Labute approximate surface area is 156 Å². The standard InChI is InChI=1S/C18H15FN2O3S2/c1-20-16(10-12-6-8-15(9-7-12)26(2,23)24)17(22)21(18(20)25)14-5-3-4-13(19)11-14/h3-11H,1-2H3. The van der Waals surface area contributed by atoms with Crippen LogP contribution in [0.4, 0.5) is 10.1 Å². The van der Waals surface area contributed by atoms with Gasteiger partial charge in [0, 0.05) is 13.3 Å². The molecule has 3 rings (SSSR count). The van der Waals surface area contributed by atoms with E-state index in [9.17, 15) is 17.6 Å². The summed E-state index contributed by atoms with van der Waals surface area (Å²) in [7, 11) is -1.64. The van der Waals surface area contributed by atoms with Crippen molar-refractivity contribution in [2.24, 2.45) is 0 Å². The van der Waals surface area contributed by atoms with Gasteiger partial charge in [0.05, 0.1) is 10.6 Å². The first-order chi connectivity index (χ1) is 12.2. The van der Waals surface area contributed by atoms with E-state index >= 15 is 0 Å². The molecule has 0 spiro atoms. The minimum Gasteiger partial charge on any atom is -0.317 e. The van der Waals surface area contributed by atoms with Gasteiger partial charge in [-0.15, -0.1) is 0 Å². The summed E-state index contributed by atoms with van der Waals surface area (Å²) in [5.41, 5.74) is 1.31. The number of sulfone groups is 1. The molecule has 1 amide bonds. The highest BCUT2D eigenvalue weighted by Crippen LogP contribution is 2.28. The zero-order chi connectivity index (χ0) is 19.1. The second kappa shape index (κ2) is 6.62. The van der Waals surface area contributed by atoms with Crippen LogP contribution in [0.5, 0.6) is 0 Å². The lowest BCUT2D eigenvalue weighted by Gasteiger charge is -2.16. The average molecular weight is 390 g/mol. The maximum atomic E-state index is 13.5. The molecule has 0 N–H and O–H groups in total. The highest BCUT2D eigenvalue weighted by Gasteiger charge is 2.36. The molecule has 2 aromatic carbocycles. The molecule has 134 valence electrons. The maximum absolute atomic E-state index is 13.5. The Bertz CT molecular complexity index is 1030. The van der Waals surface area contributed by atoms with E-state index in [0.29, 0.717) is 16.9 Å². The summed E-state index contributed by atoms with van der Waals surface area (Å²) < 4.78 is 36.6. The highest BCUT2D eigenvalue weighted by atomic mass is 32.2. The van der Waals surface area contributed by atoms with Crippen LogP contribution in [0.3, 0.4) is 0 Å². The van der Waals surface area contributed by atoms with Crippen molar-refractivity contribution in [1.82, 2.24) is 4.90 Å². The Hall–Kier alpha value is -2.58. The van der Waals surface area contributed by atoms with Crippen molar-refractivity contribution in [3.8, 4) is 0 Å². The summed E-state index contributed by atoms with van der Waals surface area (Å²) in [4.78, 5) is 15.8. The number of rotatable bonds is 3. The summed E-state index contributed by atoms with van der Waals surface area (Å²) >= 11 is 5.32. The number of anilines is 1. The van der Waals surface area contributed by atoms with Gasteiger partial charge < -0.3 is 4.90 Å². The number of likely N-dealkylation sites (N-methyl/N-ethyl adjacent to an activating group) is 1. The van der Waals surface area contributed by atoms with Crippen molar-refractivity contribution in [2.45, 2.75) is 4.90 Å². The summed E-state index contributed by atoms with van der Waals surface area (Å²) in [5, 5.41) is 0.236. The van der Waals surface area contributed by atoms with Crippen LogP contribution in [0.15, 0.2) is 59.1 Å². The van der Waals surface area contributed by atoms with Crippen molar-refractivity contribution in [3.05, 3.63) is 65.6 Å². The zero-order valence-corrected chi connectivity index (χ0v) is 15.6. The average Bonchev–Trinajstić information content (AvgIpc) is 2.78. The largest absolute Gasteiger partial charge is 0.317 e. The molecule has 1 heterocycles. The van der Waals surface area contributed by atoms with Gasteiger partial charge in [0.1, 0.15) is 11.5 Å². The molecule has 1 fully saturated rings. The lowest BCUT2D eigenvalue weighted by Crippen LogP contribution is -2.31. The van der Waals surface area contributed by atoms with Gasteiger partial charge in [-0.25, -0.2) is 12.8 Å². The molecular formula is C18H15FN2O3S2. The van der Waals surface area contributed by atoms with E-state index in [-0.39, 0.29) is 15.9 Å². The molecule has 2 aromatic rings. The Morgan fingerprint density at radius 2 is 1.77 bits per heavy atom. The first-order valence-corrected chi connectivity index (χ1v) is 9.88. The van der Waals surface area contributed by atoms with Gasteiger partial charge in [-0.3, -0.25) is 9.69 Å². The summed E-state index contributed by atoms with van der Waals surface area (Å²) in [6.07, 6.45) is 2.74. The Morgan fingerprint density at radius 3 is 2.35 bits per heavy atom. The molecule has 0 bridgehead atoms. The fraction of sp³-hybridized carbons (Fsp3) is 0.111. The number of hydrogen-bond acceptors (Lipinski definition) is 4. The third-order valence-corrected chi connectivity index (χ3v) is 5.52. The Balaban J connectivity index is 1.97. The number of carbonyl (C=O) groups excluding carboxylic acids is 1. The normalized spacial score (nSPS) is 16.7. The fourth-order valence-corrected chi connectivity index (χ4v) is 3.49. The molecule has 0 radical (unpaired) electrons. The van der Waals surface area contributed by atoms with Crippen LogP contribution >= 0.6 is 12.2 Å². The Kier molecular flexibility index (Phi) is 4.64. The zero-order valence-electron chi connectivity index (χ0n) is 14.0. The lowest BCUT2D eigenvalue weighted by molar-refractivity contribution is -0.114. The molecule has 1 aliphatic heterocycles. The Morgan fingerprint density at radius 1 is 1.12 bits per heavy atom. The number of benzene rings is 2. The monoisotopic (exact) mass is 390 g/mol. The van der Waals surface area contributed by atoms with Crippen LogP contribution in [0.2, 0.25) is 0 Å². The number of hydrogen-bond donors (Lipinski definition) is 0. The number of thiocarbonyl (C=S) groups is 1. The molecule has 0 aliphatic carbocycles. The third-order valence-electron chi connectivity index (χ3n) is 3.94. The van der Waals surface area contributed by atoms with Crippen molar-refractivity contribution in [2.75, 3.05) is 18.2 Å². The molecule has 0 unspecified atom stereocenters. The molecule has 1 saturated heterocycles. The van der Waals surface area contributed by atoms with E-state index in [1.807, 2.05) is 0 Å². The van der Waals surface area contributed by atoms with E-state index in [4.69, 9.17) is 12.2 Å². The molecule has 1 aliphatic rings. The predicted octanol–water partition coefficient (Wildman–Crippen LogP) is 2.83. The van der Waals surface area contributed by atoms with Crippen molar-refractivity contribution >= 4 is 44.8 Å². The molecule has 0 atom stereocenters. The summed E-state index contributed by atoms with van der Waals surface area (Å²) in [6, 6.07) is 11.8. The van der Waals surface area contributed by atoms with Crippen LogP contribution in [0.25, 0.3) is 6.08 Å². The third kappa shape index (κ3) is 3.38. The molecule has 5 nitrogen and oxygen atoms in total. The summed E-state index contributed by atoms with van der Waals surface area (Å²) in [5.74, 6) is -0.843. The van der Waals surface area contributed by atoms with Crippen LogP contribution in [-0.4, -0.2) is 37.6 Å². The summed E-state index contributed by atoms with van der Waals surface area (Å²) in [6.45, 7) is 0. The second-order valence-corrected chi connectivity index (χ2v) is 8.21. The van der Waals surface area contributed by atoms with E-state index < -0.39 is 15.7 Å². The topological polar surface area (TPSA) is 57.7 Å². The van der Waals surface area contributed by atoms with E-state index in [1.54, 1.807) is 31.3 Å². The van der Waals surface area contributed by atoms with Crippen LogP contribution in [0, 0.1) is 5.82 Å². The van der Waals surface area contributed by atoms with Crippen molar-refractivity contribution in [1.29, 1.82) is 0 Å². The smallest absolute Gasteiger partial charge is 0.281 e. The number of halogens is 1. The SMILES string of the molecule is CN1C(=S)N(c2cccc(F)c2)C(=O)C1=Cc1ccc(S(C)(=O)=O)cc1. The fourth-order valence-electron chi connectivity index (χ4n) is 2.57. The molecular weight excluding hydrogens is 375 g/mol. The van der Waals surface area contributed by atoms with Gasteiger partial charge in [-0.2, -0.15) is 0 Å². The molecule has 0 saturated carbocycles. The minimum atomic E-state index is -3.29. The highest BCUT2D eigenvalue weighted by molar-refractivity contribution is 7.90. The molecule has 26 heavy (non-hydrogen) atoms. The van der Waals surface area contributed by atoms with Crippen LogP contribution < -0.4 is 4.90 Å². The van der Waals surface area contributed by atoms with Gasteiger partial charge >= 0.3 is 0 Å². The van der Waals surface area contributed by atoms with Gasteiger partial charge in [0.2, 0.25) is 0 Å². The predicted molar refractivity (Wildman–Crippen MR) is 102 cm³/mol. The lowest BCUT2D eigenvalue weighted by atomic mass is 10.2. The van der Waals surface area contributed by atoms with E-state index in [0.717, 1.165) is 6.26 Å². The first kappa shape index (κ1) is 18.2.